The molecule has 3 aromatic carbocycles. The molecule has 0 saturated heterocycles. The first kappa shape index (κ1) is 15.0. The number of benzene rings is 3. The minimum atomic E-state index is 1.08. The standard InChI is InChI=1S/C24H20N2/c1-3-9-18(10-4-1)25-19-15-16-24-22(17-19)21-13-7-8-14-23(21)26(24)20-11-5-2-6-12-20/h1-5,7-11,13-17,25H,6,12H2. The minimum Gasteiger partial charge on any atom is -0.356 e. The second-order valence-electron chi connectivity index (χ2n) is 6.70. The Kier molecular flexibility index (Phi) is 3.60. The highest BCUT2D eigenvalue weighted by Gasteiger charge is 2.14. The average molecular weight is 336 g/mol. The van der Waals surface area contributed by atoms with Crippen LogP contribution < -0.4 is 5.32 Å². The van der Waals surface area contributed by atoms with E-state index in [1.165, 1.54) is 27.5 Å². The van der Waals surface area contributed by atoms with Crippen LogP contribution in [0.5, 0.6) is 0 Å². The molecule has 1 aliphatic carbocycles. The molecular formula is C24H20N2. The van der Waals surface area contributed by atoms with Crippen molar-refractivity contribution in [3.05, 3.63) is 91.0 Å². The fourth-order valence-corrected chi connectivity index (χ4v) is 3.82. The Hall–Kier alpha value is -3.26. The molecule has 0 amide bonds. The third-order valence-corrected chi connectivity index (χ3v) is 5.01. The first-order valence-corrected chi connectivity index (χ1v) is 9.11. The quantitative estimate of drug-likeness (QED) is 0.439. The molecule has 0 atom stereocenters. The van der Waals surface area contributed by atoms with E-state index < -0.39 is 0 Å². The zero-order chi connectivity index (χ0) is 17.3. The molecule has 0 aliphatic heterocycles. The van der Waals surface area contributed by atoms with Gasteiger partial charge >= 0.3 is 0 Å². The number of allylic oxidation sites excluding steroid dienone is 4. The molecular weight excluding hydrogens is 316 g/mol. The number of hydrogen-bond donors (Lipinski definition) is 1. The van der Waals surface area contributed by atoms with Crippen LogP contribution >= 0.6 is 0 Å². The number of fused-ring (bicyclic) bond motifs is 3. The molecule has 0 radical (unpaired) electrons. The maximum atomic E-state index is 3.51. The highest BCUT2D eigenvalue weighted by atomic mass is 15.0. The van der Waals surface area contributed by atoms with E-state index in [0.717, 1.165) is 24.2 Å². The number of anilines is 2. The first-order chi connectivity index (χ1) is 12.9. The molecule has 1 N–H and O–H groups in total. The highest BCUT2D eigenvalue weighted by Crippen LogP contribution is 2.35. The Morgan fingerprint density at radius 3 is 2.38 bits per heavy atom. The van der Waals surface area contributed by atoms with E-state index in [1.54, 1.807) is 0 Å². The number of rotatable bonds is 3. The summed E-state index contributed by atoms with van der Waals surface area (Å²) in [4.78, 5) is 0. The molecule has 26 heavy (non-hydrogen) atoms. The van der Waals surface area contributed by atoms with Crippen LogP contribution in [0.3, 0.4) is 0 Å². The summed E-state index contributed by atoms with van der Waals surface area (Å²) in [6.45, 7) is 0. The topological polar surface area (TPSA) is 17.0 Å². The van der Waals surface area contributed by atoms with Crippen molar-refractivity contribution in [2.24, 2.45) is 0 Å². The van der Waals surface area contributed by atoms with E-state index in [0.29, 0.717) is 0 Å². The van der Waals surface area contributed by atoms with E-state index >= 15 is 0 Å². The molecule has 0 saturated carbocycles. The van der Waals surface area contributed by atoms with Crippen molar-refractivity contribution in [1.29, 1.82) is 0 Å². The van der Waals surface area contributed by atoms with Crippen LogP contribution in [0, 0.1) is 0 Å². The van der Waals surface area contributed by atoms with Gasteiger partial charge < -0.3 is 9.88 Å². The van der Waals surface area contributed by atoms with Crippen LogP contribution in [0.4, 0.5) is 11.4 Å². The average Bonchev–Trinajstić information content (AvgIpc) is 3.03. The van der Waals surface area contributed by atoms with Crippen LogP contribution in [0.25, 0.3) is 27.5 Å². The molecule has 2 nitrogen and oxygen atoms in total. The summed E-state index contributed by atoms with van der Waals surface area (Å²) in [5, 5.41) is 6.10. The van der Waals surface area contributed by atoms with Crippen molar-refractivity contribution in [1.82, 2.24) is 4.57 Å². The van der Waals surface area contributed by atoms with E-state index in [9.17, 15) is 0 Å². The van der Waals surface area contributed by atoms with Crippen molar-refractivity contribution in [2.75, 3.05) is 5.32 Å². The van der Waals surface area contributed by atoms with Crippen LogP contribution in [-0.4, -0.2) is 4.57 Å². The lowest BCUT2D eigenvalue weighted by Crippen LogP contribution is -1.98. The van der Waals surface area contributed by atoms with Gasteiger partial charge in [0, 0.05) is 27.8 Å². The van der Waals surface area contributed by atoms with Gasteiger partial charge in [0.15, 0.2) is 0 Å². The van der Waals surface area contributed by atoms with Gasteiger partial charge in [0.25, 0.3) is 0 Å². The van der Waals surface area contributed by atoms with Crippen molar-refractivity contribution >= 4 is 38.9 Å². The largest absolute Gasteiger partial charge is 0.356 e. The molecule has 5 rings (SSSR count). The van der Waals surface area contributed by atoms with E-state index in [2.05, 4.69) is 94.8 Å². The molecule has 0 unspecified atom stereocenters. The fraction of sp³-hybridized carbons (Fsp3) is 0.0833. The normalized spacial score (nSPS) is 13.9. The Morgan fingerprint density at radius 1 is 0.731 bits per heavy atom. The summed E-state index contributed by atoms with van der Waals surface area (Å²) in [7, 11) is 0. The second-order valence-corrected chi connectivity index (χ2v) is 6.70. The minimum absolute atomic E-state index is 1.08. The molecule has 1 aromatic heterocycles. The van der Waals surface area contributed by atoms with Gasteiger partial charge in [-0.3, -0.25) is 0 Å². The van der Waals surface area contributed by atoms with Crippen LogP contribution in [-0.2, 0) is 0 Å². The summed E-state index contributed by atoms with van der Waals surface area (Å²) in [6, 6.07) is 25.7. The summed E-state index contributed by atoms with van der Waals surface area (Å²) in [6.07, 6.45) is 8.83. The molecule has 126 valence electrons. The van der Waals surface area contributed by atoms with Gasteiger partial charge in [-0.1, -0.05) is 48.6 Å². The molecule has 0 fully saturated rings. The number of hydrogen-bond acceptors (Lipinski definition) is 1. The lowest BCUT2D eigenvalue weighted by atomic mass is 10.1. The number of nitrogens with one attached hydrogen (secondary N) is 1. The number of aromatic nitrogens is 1. The zero-order valence-electron chi connectivity index (χ0n) is 14.5. The summed E-state index contributed by atoms with van der Waals surface area (Å²) in [5.74, 6) is 0. The third kappa shape index (κ3) is 2.51. The summed E-state index contributed by atoms with van der Waals surface area (Å²) >= 11 is 0. The SMILES string of the molecule is C1=CCCC(n2c3ccccc3c3cc(Nc4ccccc4)ccc32)=C1. The highest BCUT2D eigenvalue weighted by molar-refractivity contribution is 6.11. The van der Waals surface area contributed by atoms with Crippen molar-refractivity contribution in [2.45, 2.75) is 12.8 Å². The summed E-state index contributed by atoms with van der Waals surface area (Å²) in [5.41, 5.74) is 6.13. The Bertz CT molecular complexity index is 1150. The Labute approximate surface area is 153 Å². The third-order valence-electron chi connectivity index (χ3n) is 5.01. The van der Waals surface area contributed by atoms with Crippen LogP contribution in [0.2, 0.25) is 0 Å². The van der Waals surface area contributed by atoms with Gasteiger partial charge in [0.2, 0.25) is 0 Å². The van der Waals surface area contributed by atoms with E-state index in [1.807, 2.05) is 6.07 Å². The maximum Gasteiger partial charge on any atom is 0.0539 e. The van der Waals surface area contributed by atoms with Gasteiger partial charge in [-0.2, -0.15) is 0 Å². The van der Waals surface area contributed by atoms with Gasteiger partial charge in [0.1, 0.15) is 0 Å². The Morgan fingerprint density at radius 2 is 1.54 bits per heavy atom. The second kappa shape index (κ2) is 6.23. The molecule has 4 aromatic rings. The predicted octanol–water partition coefficient (Wildman–Crippen LogP) is 6.73. The lowest BCUT2D eigenvalue weighted by molar-refractivity contribution is 0.979. The van der Waals surface area contributed by atoms with Gasteiger partial charge in [-0.25, -0.2) is 0 Å². The fourth-order valence-electron chi connectivity index (χ4n) is 3.82. The van der Waals surface area contributed by atoms with Crippen LogP contribution in [0.15, 0.2) is 91.0 Å². The first-order valence-electron chi connectivity index (χ1n) is 9.11. The van der Waals surface area contributed by atoms with E-state index in [-0.39, 0.29) is 0 Å². The predicted molar refractivity (Wildman–Crippen MR) is 112 cm³/mol. The maximum absolute atomic E-state index is 3.51. The van der Waals surface area contributed by atoms with Crippen molar-refractivity contribution < 1.29 is 0 Å². The zero-order valence-corrected chi connectivity index (χ0v) is 14.5. The molecule has 0 bridgehead atoms. The summed E-state index contributed by atoms with van der Waals surface area (Å²) < 4.78 is 2.42. The smallest absolute Gasteiger partial charge is 0.0539 e. The molecule has 0 spiro atoms. The number of nitrogens with zero attached hydrogens (tertiary/aromatic N) is 1. The Balaban J connectivity index is 1.70. The van der Waals surface area contributed by atoms with Crippen molar-refractivity contribution in [3.8, 4) is 0 Å². The molecule has 1 heterocycles. The molecule has 1 aliphatic rings. The lowest BCUT2D eigenvalue weighted by Gasteiger charge is -2.14. The number of para-hydroxylation sites is 2. The van der Waals surface area contributed by atoms with Gasteiger partial charge in [0.05, 0.1) is 11.0 Å². The van der Waals surface area contributed by atoms with Crippen molar-refractivity contribution in [3.63, 3.8) is 0 Å². The van der Waals surface area contributed by atoms with Gasteiger partial charge in [-0.05, 0) is 55.3 Å². The van der Waals surface area contributed by atoms with E-state index in [4.69, 9.17) is 0 Å². The van der Waals surface area contributed by atoms with Gasteiger partial charge in [-0.15, -0.1) is 0 Å². The molecule has 2 heteroatoms. The monoisotopic (exact) mass is 336 g/mol. The van der Waals surface area contributed by atoms with Crippen LogP contribution in [0.1, 0.15) is 12.8 Å².